The van der Waals surface area contributed by atoms with E-state index in [0.717, 1.165) is 31.5 Å². The van der Waals surface area contributed by atoms with Crippen molar-refractivity contribution in [3.05, 3.63) is 67.4 Å². The molecule has 2 atom stereocenters. The molecule has 4 aromatic rings. The number of nitrogen functional groups attached to an aromatic ring is 1. The van der Waals surface area contributed by atoms with Gasteiger partial charge in [0.1, 0.15) is 17.8 Å². The van der Waals surface area contributed by atoms with Gasteiger partial charge in [-0.15, -0.1) is 0 Å². The van der Waals surface area contributed by atoms with Gasteiger partial charge in [0.2, 0.25) is 5.91 Å². The normalized spacial score (nSPS) is 20.6. The SMILES string of the molecule is C=CC(=O)N1CC2CC(n3nc(-c4ccc(C(=O)Nc5cnccn5)cc4)c4c(N)ncnc43)CC2C1. The number of amides is 2. The van der Waals surface area contributed by atoms with Gasteiger partial charge in [-0.05, 0) is 42.9 Å². The molecule has 3 aromatic heterocycles. The van der Waals surface area contributed by atoms with Gasteiger partial charge in [0.05, 0.1) is 17.6 Å². The van der Waals surface area contributed by atoms with Gasteiger partial charge >= 0.3 is 0 Å². The first kappa shape index (κ1) is 22.8. The van der Waals surface area contributed by atoms with E-state index in [0.29, 0.717) is 45.8 Å². The second-order valence-corrected chi connectivity index (χ2v) is 9.47. The molecular weight excluding hydrogens is 470 g/mol. The topological polar surface area (TPSA) is 145 Å². The Bertz CT molecular complexity index is 1490. The number of likely N-dealkylation sites (tertiary alicyclic amines) is 1. The molecule has 1 aliphatic carbocycles. The molecule has 0 bridgehead atoms. The first-order chi connectivity index (χ1) is 18.0. The van der Waals surface area contributed by atoms with E-state index in [1.807, 2.05) is 21.7 Å². The summed E-state index contributed by atoms with van der Waals surface area (Å²) in [7, 11) is 0. The van der Waals surface area contributed by atoms with Crippen LogP contribution in [0.25, 0.3) is 22.3 Å². The van der Waals surface area contributed by atoms with Crippen LogP contribution in [-0.2, 0) is 4.79 Å². The van der Waals surface area contributed by atoms with Crippen LogP contribution in [0.2, 0.25) is 0 Å². The van der Waals surface area contributed by atoms with Crippen molar-refractivity contribution in [2.45, 2.75) is 18.9 Å². The van der Waals surface area contributed by atoms with Crippen molar-refractivity contribution in [3.8, 4) is 11.3 Å². The molecule has 1 saturated heterocycles. The number of hydrogen-bond acceptors (Lipinski definition) is 8. The van der Waals surface area contributed by atoms with Crippen molar-refractivity contribution in [3.63, 3.8) is 0 Å². The van der Waals surface area contributed by atoms with Crippen LogP contribution in [0, 0.1) is 11.8 Å². The zero-order chi connectivity index (χ0) is 25.5. The summed E-state index contributed by atoms with van der Waals surface area (Å²) < 4.78 is 1.97. The first-order valence-corrected chi connectivity index (χ1v) is 12.1. The number of carbonyl (C=O) groups excluding carboxylic acids is 2. The minimum atomic E-state index is -0.285. The number of nitrogens with two attached hydrogens (primary N) is 1. The van der Waals surface area contributed by atoms with Crippen LogP contribution in [0.1, 0.15) is 29.2 Å². The number of carbonyl (C=O) groups is 2. The number of benzene rings is 1. The standard InChI is InChI=1S/C26H25N9O2/c1-2-21(36)34-12-17-9-19(10-18(17)13-34)35-25-22(24(27)30-14-31-25)23(33-35)15-3-5-16(6-4-15)26(37)32-20-11-28-7-8-29-20/h2-8,11,14,17-19H,1,9-10,12-13H2,(H2,27,30,31)(H,29,32,37). The van der Waals surface area contributed by atoms with E-state index in [4.69, 9.17) is 10.8 Å². The summed E-state index contributed by atoms with van der Waals surface area (Å²) in [5.41, 5.74) is 8.94. The number of rotatable bonds is 5. The second kappa shape index (κ2) is 9.08. The summed E-state index contributed by atoms with van der Waals surface area (Å²) in [6, 6.07) is 7.30. The van der Waals surface area contributed by atoms with Gasteiger partial charge in [0.15, 0.2) is 11.5 Å². The zero-order valence-electron chi connectivity index (χ0n) is 20.0. The van der Waals surface area contributed by atoms with Crippen LogP contribution in [0.4, 0.5) is 11.6 Å². The Labute approximate surface area is 212 Å². The molecule has 0 radical (unpaired) electrons. The number of nitrogens with one attached hydrogen (secondary N) is 1. The van der Waals surface area contributed by atoms with Crippen LogP contribution in [0.3, 0.4) is 0 Å². The number of aromatic nitrogens is 6. The highest BCUT2D eigenvalue weighted by molar-refractivity contribution is 6.04. The van der Waals surface area contributed by atoms with Crippen LogP contribution < -0.4 is 11.1 Å². The van der Waals surface area contributed by atoms with Crippen LogP contribution in [0.15, 0.2) is 61.8 Å². The maximum Gasteiger partial charge on any atom is 0.256 e. The minimum absolute atomic E-state index is 0.00730. The summed E-state index contributed by atoms with van der Waals surface area (Å²) >= 11 is 0. The van der Waals surface area contributed by atoms with Crippen molar-refractivity contribution >= 4 is 34.5 Å². The van der Waals surface area contributed by atoms with Crippen molar-refractivity contribution in [2.24, 2.45) is 11.8 Å². The summed E-state index contributed by atoms with van der Waals surface area (Å²) in [6.07, 6.45) is 9.21. The van der Waals surface area contributed by atoms with Crippen molar-refractivity contribution in [1.29, 1.82) is 0 Å². The molecule has 186 valence electrons. The summed E-state index contributed by atoms with van der Waals surface area (Å²) in [5.74, 6) is 1.28. The third-order valence-electron chi connectivity index (χ3n) is 7.30. The average Bonchev–Trinajstić information content (AvgIpc) is 3.61. The van der Waals surface area contributed by atoms with Gasteiger partial charge in [-0.1, -0.05) is 18.7 Å². The number of hydrogen-bond donors (Lipinski definition) is 2. The molecule has 4 heterocycles. The summed E-state index contributed by atoms with van der Waals surface area (Å²) in [6.45, 7) is 5.10. The van der Waals surface area contributed by atoms with Crippen molar-refractivity contribution in [2.75, 3.05) is 24.1 Å². The molecule has 37 heavy (non-hydrogen) atoms. The smallest absolute Gasteiger partial charge is 0.256 e. The molecule has 11 nitrogen and oxygen atoms in total. The quantitative estimate of drug-likeness (QED) is 0.402. The fourth-order valence-electron chi connectivity index (χ4n) is 5.56. The number of fused-ring (bicyclic) bond motifs is 2. The molecular formula is C26H25N9O2. The van der Waals surface area contributed by atoms with Crippen molar-refractivity contribution < 1.29 is 9.59 Å². The molecule has 2 fully saturated rings. The van der Waals surface area contributed by atoms with Gasteiger partial charge in [-0.25, -0.2) is 19.6 Å². The van der Waals surface area contributed by atoms with E-state index in [1.54, 1.807) is 18.3 Å². The Hall–Kier alpha value is -4.67. The maximum absolute atomic E-state index is 12.6. The number of nitrogens with zero attached hydrogens (tertiary/aromatic N) is 7. The summed E-state index contributed by atoms with van der Waals surface area (Å²) in [5, 5.41) is 8.38. The predicted molar refractivity (Wildman–Crippen MR) is 137 cm³/mol. The minimum Gasteiger partial charge on any atom is -0.383 e. The van der Waals surface area contributed by atoms with Gasteiger partial charge in [-0.2, -0.15) is 5.10 Å². The van der Waals surface area contributed by atoms with E-state index in [-0.39, 0.29) is 17.9 Å². The molecule has 1 aromatic carbocycles. The Morgan fingerprint density at radius 3 is 2.49 bits per heavy atom. The van der Waals surface area contributed by atoms with E-state index >= 15 is 0 Å². The van der Waals surface area contributed by atoms with E-state index in [1.165, 1.54) is 24.8 Å². The lowest BCUT2D eigenvalue weighted by Crippen LogP contribution is -2.28. The fourth-order valence-corrected chi connectivity index (χ4v) is 5.56. The molecule has 2 amide bonds. The van der Waals surface area contributed by atoms with E-state index < -0.39 is 0 Å². The fraction of sp³-hybridized carbons (Fsp3) is 0.269. The monoisotopic (exact) mass is 495 g/mol. The molecule has 2 unspecified atom stereocenters. The zero-order valence-corrected chi connectivity index (χ0v) is 20.0. The predicted octanol–water partition coefficient (Wildman–Crippen LogP) is 2.71. The van der Waals surface area contributed by atoms with Crippen LogP contribution in [0.5, 0.6) is 0 Å². The van der Waals surface area contributed by atoms with Gasteiger partial charge in [0.25, 0.3) is 5.91 Å². The highest BCUT2D eigenvalue weighted by Gasteiger charge is 2.43. The lowest BCUT2D eigenvalue weighted by atomic mass is 10.0. The Morgan fingerprint density at radius 2 is 1.81 bits per heavy atom. The highest BCUT2D eigenvalue weighted by Crippen LogP contribution is 2.45. The van der Waals surface area contributed by atoms with E-state index in [2.05, 4.69) is 31.8 Å². The largest absolute Gasteiger partial charge is 0.383 e. The molecule has 1 aliphatic heterocycles. The third kappa shape index (κ3) is 4.07. The highest BCUT2D eigenvalue weighted by atomic mass is 16.2. The Kier molecular flexibility index (Phi) is 5.59. The molecule has 1 saturated carbocycles. The van der Waals surface area contributed by atoms with Gasteiger partial charge in [-0.3, -0.25) is 14.6 Å². The lowest BCUT2D eigenvalue weighted by Gasteiger charge is -2.18. The second-order valence-electron chi connectivity index (χ2n) is 9.47. The van der Waals surface area contributed by atoms with Crippen LogP contribution >= 0.6 is 0 Å². The molecule has 2 aliphatic rings. The Balaban J connectivity index is 1.27. The molecule has 6 rings (SSSR count). The van der Waals surface area contributed by atoms with E-state index in [9.17, 15) is 9.59 Å². The van der Waals surface area contributed by atoms with Crippen LogP contribution in [-0.4, -0.2) is 59.5 Å². The number of anilines is 2. The van der Waals surface area contributed by atoms with Gasteiger partial charge in [0, 0.05) is 36.6 Å². The van der Waals surface area contributed by atoms with Crippen molar-refractivity contribution in [1.82, 2.24) is 34.6 Å². The van der Waals surface area contributed by atoms with Gasteiger partial charge < -0.3 is 16.0 Å². The third-order valence-corrected chi connectivity index (χ3v) is 7.30. The summed E-state index contributed by atoms with van der Waals surface area (Å²) in [4.78, 5) is 43.3. The lowest BCUT2D eigenvalue weighted by molar-refractivity contribution is -0.125. The average molecular weight is 496 g/mol. The first-order valence-electron chi connectivity index (χ1n) is 12.1. The molecule has 11 heteroatoms. The molecule has 0 spiro atoms. The Morgan fingerprint density at radius 1 is 1.05 bits per heavy atom. The molecule has 3 N–H and O–H groups in total. The maximum atomic E-state index is 12.6.